The lowest BCUT2D eigenvalue weighted by atomic mass is 10.1. The van der Waals surface area contributed by atoms with Crippen molar-refractivity contribution in [3.8, 4) is 17.1 Å². The van der Waals surface area contributed by atoms with Crippen LogP contribution >= 0.6 is 0 Å². The van der Waals surface area contributed by atoms with E-state index >= 15 is 0 Å². The van der Waals surface area contributed by atoms with Crippen molar-refractivity contribution in [2.75, 3.05) is 0 Å². The van der Waals surface area contributed by atoms with E-state index in [1.807, 2.05) is 6.92 Å². The van der Waals surface area contributed by atoms with Crippen molar-refractivity contribution in [2.45, 2.75) is 6.92 Å². The first-order valence-electron chi connectivity index (χ1n) is 4.44. The van der Waals surface area contributed by atoms with Crippen LogP contribution in [0, 0.1) is 12.7 Å². The van der Waals surface area contributed by atoms with Crippen LogP contribution in [0.15, 0.2) is 30.6 Å². The topological polar surface area (TPSA) is 46.0 Å². The average molecular weight is 204 g/mol. The normalized spacial score (nSPS) is 10.3. The molecule has 0 amide bonds. The predicted octanol–water partition coefficient (Wildman–Crippen LogP) is 2.30. The monoisotopic (exact) mass is 204 g/mol. The van der Waals surface area contributed by atoms with Gasteiger partial charge in [0.15, 0.2) is 11.6 Å². The van der Waals surface area contributed by atoms with Crippen molar-refractivity contribution in [2.24, 2.45) is 0 Å². The second-order valence-electron chi connectivity index (χ2n) is 3.25. The van der Waals surface area contributed by atoms with Gasteiger partial charge >= 0.3 is 0 Å². The van der Waals surface area contributed by atoms with E-state index in [2.05, 4.69) is 9.97 Å². The van der Waals surface area contributed by atoms with Gasteiger partial charge in [0.05, 0.1) is 18.0 Å². The largest absolute Gasteiger partial charge is 0.505 e. The van der Waals surface area contributed by atoms with Crippen molar-refractivity contribution < 1.29 is 9.50 Å². The van der Waals surface area contributed by atoms with Gasteiger partial charge in [-0.2, -0.15) is 0 Å². The number of hydrogen-bond donors (Lipinski definition) is 1. The summed E-state index contributed by atoms with van der Waals surface area (Å²) in [6.07, 6.45) is 2.48. The van der Waals surface area contributed by atoms with Gasteiger partial charge in [0.2, 0.25) is 0 Å². The van der Waals surface area contributed by atoms with E-state index in [1.165, 1.54) is 18.5 Å². The quantitative estimate of drug-likeness (QED) is 0.775. The molecule has 0 unspecified atom stereocenters. The van der Waals surface area contributed by atoms with E-state index in [9.17, 15) is 4.39 Å². The molecule has 3 nitrogen and oxygen atoms in total. The van der Waals surface area contributed by atoms with Crippen molar-refractivity contribution in [1.29, 1.82) is 0 Å². The maximum Gasteiger partial charge on any atom is 0.162 e. The molecule has 2 rings (SSSR count). The fourth-order valence-electron chi connectivity index (χ4n) is 1.26. The van der Waals surface area contributed by atoms with Crippen molar-refractivity contribution in [3.05, 3.63) is 42.0 Å². The Morgan fingerprint density at radius 2 is 1.87 bits per heavy atom. The van der Waals surface area contributed by atoms with Gasteiger partial charge in [-0.25, -0.2) is 14.4 Å². The first-order chi connectivity index (χ1) is 7.16. The summed E-state index contributed by atoms with van der Waals surface area (Å²) in [5, 5.41) is 9.00. The molecule has 4 heteroatoms. The summed E-state index contributed by atoms with van der Waals surface area (Å²) in [7, 11) is 0. The zero-order valence-electron chi connectivity index (χ0n) is 8.11. The summed E-state index contributed by atoms with van der Waals surface area (Å²) < 4.78 is 13.5. The van der Waals surface area contributed by atoms with E-state index in [-0.39, 0.29) is 17.4 Å². The Balaban J connectivity index is 2.49. The van der Waals surface area contributed by atoms with Crippen LogP contribution in [-0.4, -0.2) is 15.1 Å². The van der Waals surface area contributed by atoms with E-state index in [0.29, 0.717) is 5.56 Å². The summed E-state index contributed by atoms with van der Waals surface area (Å²) in [5.41, 5.74) is 1.18. The lowest BCUT2D eigenvalue weighted by Gasteiger charge is -2.02. The number of aromatic hydroxyl groups is 1. The smallest absolute Gasteiger partial charge is 0.162 e. The van der Waals surface area contributed by atoms with E-state index in [1.54, 1.807) is 12.1 Å². The Kier molecular flexibility index (Phi) is 2.33. The molecule has 0 fully saturated rings. The van der Waals surface area contributed by atoms with Gasteiger partial charge in [0.25, 0.3) is 0 Å². The van der Waals surface area contributed by atoms with Gasteiger partial charge in [-0.15, -0.1) is 0 Å². The number of rotatable bonds is 1. The van der Waals surface area contributed by atoms with Crippen LogP contribution in [0.25, 0.3) is 11.4 Å². The third-order valence-corrected chi connectivity index (χ3v) is 2.00. The molecule has 0 spiro atoms. The predicted molar refractivity (Wildman–Crippen MR) is 53.8 cm³/mol. The molecule has 2 aromatic rings. The highest BCUT2D eigenvalue weighted by atomic mass is 19.1. The number of nitrogens with zero attached hydrogens (tertiary/aromatic N) is 2. The van der Waals surface area contributed by atoms with Crippen LogP contribution in [0.3, 0.4) is 0 Å². The van der Waals surface area contributed by atoms with E-state index < -0.39 is 0 Å². The van der Waals surface area contributed by atoms with Crippen LogP contribution in [0.5, 0.6) is 5.75 Å². The highest BCUT2D eigenvalue weighted by Crippen LogP contribution is 2.20. The van der Waals surface area contributed by atoms with Gasteiger partial charge in [-0.1, -0.05) is 6.07 Å². The molecule has 1 aromatic carbocycles. The number of halogens is 1. The number of hydrogen-bond acceptors (Lipinski definition) is 3. The molecule has 1 aromatic heterocycles. The fourth-order valence-corrected chi connectivity index (χ4v) is 1.26. The molecule has 0 saturated carbocycles. The first-order valence-corrected chi connectivity index (χ1v) is 4.44. The second-order valence-corrected chi connectivity index (χ2v) is 3.25. The van der Waals surface area contributed by atoms with Crippen LogP contribution in [-0.2, 0) is 0 Å². The van der Waals surface area contributed by atoms with Gasteiger partial charge in [-0.3, -0.25) is 0 Å². The first kappa shape index (κ1) is 9.58. The molecular formula is C11H9FN2O. The van der Waals surface area contributed by atoms with Crippen molar-refractivity contribution >= 4 is 0 Å². The Labute approximate surface area is 86.3 Å². The zero-order valence-corrected chi connectivity index (χ0v) is 8.11. The molecule has 0 aliphatic heterocycles. The summed E-state index contributed by atoms with van der Waals surface area (Å²) in [4.78, 5) is 7.68. The van der Waals surface area contributed by atoms with Gasteiger partial charge < -0.3 is 5.11 Å². The number of aryl methyl sites for hydroxylation is 1. The zero-order chi connectivity index (χ0) is 10.8. The molecule has 15 heavy (non-hydrogen) atoms. The minimum atomic E-state index is -0.360. The van der Waals surface area contributed by atoms with Crippen LogP contribution in [0.1, 0.15) is 5.56 Å². The summed E-state index contributed by atoms with van der Waals surface area (Å²) >= 11 is 0. The van der Waals surface area contributed by atoms with Crippen LogP contribution < -0.4 is 0 Å². The molecule has 76 valence electrons. The highest BCUT2D eigenvalue weighted by molar-refractivity contribution is 5.56. The van der Waals surface area contributed by atoms with Crippen molar-refractivity contribution in [1.82, 2.24) is 9.97 Å². The van der Waals surface area contributed by atoms with E-state index in [0.717, 1.165) is 5.56 Å². The fraction of sp³-hybridized carbons (Fsp3) is 0.0909. The summed E-state index contributed by atoms with van der Waals surface area (Å²) in [5.74, 6) is -0.128. The average Bonchev–Trinajstić information content (AvgIpc) is 2.20. The maximum atomic E-state index is 13.5. The molecule has 0 aliphatic carbocycles. The third kappa shape index (κ3) is 1.93. The Morgan fingerprint density at radius 3 is 2.47 bits per heavy atom. The maximum absolute atomic E-state index is 13.5. The van der Waals surface area contributed by atoms with Gasteiger partial charge in [0.1, 0.15) is 5.82 Å². The summed E-state index contributed by atoms with van der Waals surface area (Å²) in [6, 6.07) is 4.83. The number of aromatic nitrogens is 2. The standard InChI is InChI=1S/C11H9FN2O/c1-7-2-3-9(10(12)4-7)11-13-5-8(15)6-14-11/h2-6,15H,1H3. The lowest BCUT2D eigenvalue weighted by molar-refractivity contribution is 0.469. The minimum Gasteiger partial charge on any atom is -0.505 e. The molecule has 0 bridgehead atoms. The van der Waals surface area contributed by atoms with Gasteiger partial charge in [0, 0.05) is 0 Å². The molecule has 1 N–H and O–H groups in total. The molecule has 0 aliphatic rings. The second kappa shape index (κ2) is 3.65. The Bertz CT molecular complexity index is 482. The summed E-state index contributed by atoms with van der Waals surface area (Å²) in [6.45, 7) is 1.81. The molecule has 0 radical (unpaired) electrons. The Hall–Kier alpha value is -1.97. The lowest BCUT2D eigenvalue weighted by Crippen LogP contribution is -1.91. The minimum absolute atomic E-state index is 0.0359. The molecule has 0 saturated heterocycles. The molecular weight excluding hydrogens is 195 g/mol. The van der Waals surface area contributed by atoms with Gasteiger partial charge in [-0.05, 0) is 24.6 Å². The van der Waals surface area contributed by atoms with E-state index in [4.69, 9.17) is 5.11 Å². The number of benzene rings is 1. The highest BCUT2D eigenvalue weighted by Gasteiger charge is 2.07. The van der Waals surface area contributed by atoms with Crippen LogP contribution in [0.2, 0.25) is 0 Å². The SMILES string of the molecule is Cc1ccc(-c2ncc(O)cn2)c(F)c1. The molecule has 1 heterocycles. The van der Waals surface area contributed by atoms with Crippen molar-refractivity contribution in [3.63, 3.8) is 0 Å². The Morgan fingerprint density at radius 1 is 1.20 bits per heavy atom. The third-order valence-electron chi connectivity index (χ3n) is 2.00. The van der Waals surface area contributed by atoms with Crippen LogP contribution in [0.4, 0.5) is 4.39 Å². The molecule has 0 atom stereocenters.